The predicted molar refractivity (Wildman–Crippen MR) is 91.7 cm³/mol. The molecule has 4 nitrogen and oxygen atoms in total. The largest absolute Gasteiger partial charge is 0.276 e. The van der Waals surface area contributed by atoms with Crippen molar-refractivity contribution < 1.29 is 9.18 Å². The minimum atomic E-state index is -0.795. The molecule has 25 heavy (non-hydrogen) atoms. The number of pyridine rings is 1. The number of halogens is 1. The summed E-state index contributed by atoms with van der Waals surface area (Å²) in [7, 11) is 0. The highest BCUT2D eigenvalue weighted by Crippen LogP contribution is 2.22. The zero-order chi connectivity index (χ0) is 18.0. The second-order valence-electron chi connectivity index (χ2n) is 5.48. The third-order valence-corrected chi connectivity index (χ3v) is 3.90. The molecule has 0 atom stereocenters. The van der Waals surface area contributed by atoms with Crippen LogP contribution in [0.2, 0.25) is 0 Å². The van der Waals surface area contributed by atoms with Gasteiger partial charge in [-0.2, -0.15) is 5.26 Å². The van der Waals surface area contributed by atoms with Crippen LogP contribution in [-0.2, 0) is 0 Å². The van der Waals surface area contributed by atoms with Crippen LogP contribution in [0.4, 0.5) is 4.39 Å². The lowest BCUT2D eigenvalue weighted by Gasteiger charge is -2.13. The molecule has 1 aromatic heterocycles. The first-order chi connectivity index (χ1) is 12.0. The lowest BCUT2D eigenvalue weighted by Crippen LogP contribution is -2.32. The molecule has 122 valence electrons. The van der Waals surface area contributed by atoms with Gasteiger partial charge in [0.15, 0.2) is 0 Å². The summed E-state index contributed by atoms with van der Waals surface area (Å²) < 4.78 is 14.8. The molecule has 0 aliphatic carbocycles. The normalized spacial score (nSPS) is 10.3. The Hall–Kier alpha value is -3.52. The molecule has 0 saturated carbocycles. The fraction of sp³-hybridized carbons (Fsp3) is 0.0500. The Bertz CT molecular complexity index is 1060. The lowest BCUT2D eigenvalue weighted by molar-refractivity contribution is 0.0949. The number of hydrogen-bond acceptors (Lipinski definition) is 3. The van der Waals surface area contributed by atoms with Gasteiger partial charge in [0.2, 0.25) is 0 Å². The molecule has 0 radical (unpaired) electrons. The van der Waals surface area contributed by atoms with Crippen LogP contribution in [0.5, 0.6) is 0 Å². The maximum absolute atomic E-state index is 13.9. The van der Waals surface area contributed by atoms with E-state index in [0.717, 1.165) is 10.6 Å². The first-order valence-corrected chi connectivity index (χ1v) is 7.56. The van der Waals surface area contributed by atoms with Crippen molar-refractivity contribution in [3.63, 3.8) is 0 Å². The Morgan fingerprint density at radius 3 is 2.36 bits per heavy atom. The molecule has 0 aliphatic rings. The molecule has 3 rings (SSSR count). The van der Waals surface area contributed by atoms with Crippen molar-refractivity contribution in [2.75, 3.05) is 0 Å². The fourth-order valence-corrected chi connectivity index (χ4v) is 2.69. The van der Waals surface area contributed by atoms with E-state index in [9.17, 15) is 19.2 Å². The minimum absolute atomic E-state index is 0.151. The van der Waals surface area contributed by atoms with Crippen LogP contribution in [0.3, 0.4) is 0 Å². The molecular formula is C20H13FN2O2. The van der Waals surface area contributed by atoms with Gasteiger partial charge >= 0.3 is 0 Å². The number of carbonyl (C=O) groups excluding carboxylic acids is 1. The average Bonchev–Trinajstić information content (AvgIpc) is 2.62. The minimum Gasteiger partial charge on any atom is -0.268 e. The van der Waals surface area contributed by atoms with E-state index in [0.29, 0.717) is 16.8 Å². The number of benzene rings is 2. The van der Waals surface area contributed by atoms with Gasteiger partial charge in [0.1, 0.15) is 17.4 Å². The van der Waals surface area contributed by atoms with Crippen molar-refractivity contribution in [1.82, 2.24) is 4.57 Å². The van der Waals surface area contributed by atoms with E-state index in [-0.39, 0.29) is 11.1 Å². The smallest absolute Gasteiger partial charge is 0.268 e. The van der Waals surface area contributed by atoms with Gasteiger partial charge in [-0.15, -0.1) is 0 Å². The molecule has 0 saturated heterocycles. The zero-order valence-corrected chi connectivity index (χ0v) is 13.4. The number of nitriles is 1. The number of aromatic nitrogens is 1. The molecule has 3 aromatic rings. The standard InChI is InChI=1S/C20H13FN2O2/c1-13-11-16(14-7-3-2-4-8-14)17(12-22)20(25)23(13)19(24)15-9-5-6-10-18(15)21/h2-11H,1H3. The molecule has 0 fully saturated rings. The van der Waals surface area contributed by atoms with E-state index in [1.807, 2.05) is 12.1 Å². The van der Waals surface area contributed by atoms with Gasteiger partial charge in [0.05, 0.1) is 5.56 Å². The summed E-state index contributed by atoms with van der Waals surface area (Å²) in [5, 5.41) is 9.43. The fourth-order valence-electron chi connectivity index (χ4n) is 2.69. The Morgan fingerprint density at radius 1 is 1.08 bits per heavy atom. The van der Waals surface area contributed by atoms with Gasteiger partial charge in [-0.1, -0.05) is 42.5 Å². The second kappa shape index (κ2) is 6.54. The van der Waals surface area contributed by atoms with Crippen LogP contribution < -0.4 is 5.56 Å². The summed E-state index contributed by atoms with van der Waals surface area (Å²) in [6.45, 7) is 1.58. The second-order valence-corrected chi connectivity index (χ2v) is 5.48. The first-order valence-electron chi connectivity index (χ1n) is 7.56. The monoisotopic (exact) mass is 332 g/mol. The van der Waals surface area contributed by atoms with Crippen molar-refractivity contribution in [2.24, 2.45) is 0 Å². The van der Waals surface area contributed by atoms with Gasteiger partial charge in [-0.3, -0.25) is 9.59 Å². The molecule has 0 spiro atoms. The number of carbonyl (C=O) groups is 1. The first kappa shape index (κ1) is 16.3. The maximum atomic E-state index is 13.9. The highest BCUT2D eigenvalue weighted by atomic mass is 19.1. The van der Waals surface area contributed by atoms with Crippen molar-refractivity contribution in [3.8, 4) is 17.2 Å². The highest BCUT2D eigenvalue weighted by Gasteiger charge is 2.21. The Kier molecular flexibility index (Phi) is 4.27. The third kappa shape index (κ3) is 2.86. The molecule has 0 bridgehead atoms. The van der Waals surface area contributed by atoms with Crippen LogP contribution in [0, 0.1) is 24.1 Å². The van der Waals surface area contributed by atoms with Crippen LogP contribution in [0.15, 0.2) is 65.5 Å². The van der Waals surface area contributed by atoms with Crippen molar-refractivity contribution >= 4 is 5.91 Å². The molecular weight excluding hydrogens is 319 g/mol. The van der Waals surface area contributed by atoms with E-state index < -0.39 is 17.3 Å². The summed E-state index contributed by atoms with van der Waals surface area (Å²) in [4.78, 5) is 25.4. The molecule has 5 heteroatoms. The molecule has 0 aliphatic heterocycles. The number of nitrogens with zero attached hydrogens (tertiary/aromatic N) is 2. The van der Waals surface area contributed by atoms with E-state index in [2.05, 4.69) is 0 Å². The van der Waals surface area contributed by atoms with Gasteiger partial charge in [0, 0.05) is 11.3 Å². The van der Waals surface area contributed by atoms with Gasteiger partial charge < -0.3 is 0 Å². The molecule has 0 amide bonds. The SMILES string of the molecule is Cc1cc(-c2ccccc2)c(C#N)c(=O)n1C(=O)c1ccccc1F. The number of hydrogen-bond donors (Lipinski definition) is 0. The number of aryl methyl sites for hydroxylation is 1. The van der Waals surface area contributed by atoms with Crippen LogP contribution in [-0.4, -0.2) is 10.5 Å². The van der Waals surface area contributed by atoms with Crippen LogP contribution in [0.1, 0.15) is 21.6 Å². The zero-order valence-electron chi connectivity index (χ0n) is 13.4. The van der Waals surface area contributed by atoms with Crippen molar-refractivity contribution in [3.05, 3.63) is 93.7 Å². The predicted octanol–water partition coefficient (Wildman–Crippen LogP) is 3.52. The number of rotatable bonds is 2. The van der Waals surface area contributed by atoms with Gasteiger partial charge in [-0.25, -0.2) is 8.96 Å². The Balaban J connectivity index is 2.25. The summed E-state index contributed by atoms with van der Waals surface area (Å²) in [6.07, 6.45) is 0. The summed E-state index contributed by atoms with van der Waals surface area (Å²) in [5.41, 5.74) is 0.351. The van der Waals surface area contributed by atoms with Crippen molar-refractivity contribution in [1.29, 1.82) is 5.26 Å². The van der Waals surface area contributed by atoms with E-state index in [1.54, 1.807) is 37.3 Å². The Morgan fingerprint density at radius 2 is 1.72 bits per heavy atom. The molecule has 2 aromatic carbocycles. The summed E-state index contributed by atoms with van der Waals surface area (Å²) >= 11 is 0. The maximum Gasteiger partial charge on any atom is 0.276 e. The summed E-state index contributed by atoms with van der Waals surface area (Å²) in [6, 6.07) is 17.9. The van der Waals surface area contributed by atoms with Gasteiger partial charge in [-0.05, 0) is 30.7 Å². The topological polar surface area (TPSA) is 62.9 Å². The molecule has 0 unspecified atom stereocenters. The highest BCUT2D eigenvalue weighted by molar-refractivity contribution is 5.97. The third-order valence-electron chi connectivity index (χ3n) is 3.90. The van der Waals surface area contributed by atoms with E-state index in [4.69, 9.17) is 0 Å². The van der Waals surface area contributed by atoms with Crippen LogP contribution in [0.25, 0.3) is 11.1 Å². The average molecular weight is 332 g/mol. The van der Waals surface area contributed by atoms with Crippen molar-refractivity contribution in [2.45, 2.75) is 6.92 Å². The van der Waals surface area contributed by atoms with E-state index in [1.165, 1.54) is 18.2 Å². The summed E-state index contributed by atoms with van der Waals surface area (Å²) in [5.74, 6) is -1.51. The lowest BCUT2D eigenvalue weighted by atomic mass is 10.0. The van der Waals surface area contributed by atoms with Crippen LogP contribution >= 0.6 is 0 Å². The van der Waals surface area contributed by atoms with E-state index >= 15 is 0 Å². The Labute approximate surface area is 143 Å². The molecule has 0 N–H and O–H groups in total. The van der Waals surface area contributed by atoms with Gasteiger partial charge in [0.25, 0.3) is 11.5 Å². The molecule has 1 heterocycles. The quantitative estimate of drug-likeness (QED) is 0.721.